The van der Waals surface area contributed by atoms with Gasteiger partial charge in [-0.3, -0.25) is 14.6 Å². The molecule has 0 bridgehead atoms. The number of hydrogen-bond acceptors (Lipinski definition) is 5. The van der Waals surface area contributed by atoms with Crippen LogP contribution in [0.2, 0.25) is 0 Å². The zero-order valence-corrected chi connectivity index (χ0v) is 13.1. The molecule has 0 amide bonds. The summed E-state index contributed by atoms with van der Waals surface area (Å²) in [5.74, 6) is -1.07. The van der Waals surface area contributed by atoms with Crippen LogP contribution in [0.25, 0.3) is 0 Å². The molecule has 3 N–H and O–H groups in total. The Bertz CT molecular complexity index is 728. The first-order valence-electron chi connectivity index (χ1n) is 6.47. The normalized spacial score (nSPS) is 10.4. The lowest BCUT2D eigenvalue weighted by atomic mass is 10.2. The molecule has 0 heterocycles. The molecule has 7 nitrogen and oxygen atoms in total. The van der Waals surface area contributed by atoms with E-state index in [4.69, 9.17) is 14.9 Å². The lowest BCUT2D eigenvalue weighted by Crippen LogP contribution is -2.25. The Labute approximate surface area is 134 Å². The van der Waals surface area contributed by atoms with Crippen molar-refractivity contribution in [3.05, 3.63) is 60.2 Å². The number of carboxylic acid groups (broad SMARTS) is 1. The van der Waals surface area contributed by atoms with E-state index in [1.54, 1.807) is 42.5 Å². The van der Waals surface area contributed by atoms with Crippen LogP contribution < -0.4 is 5.06 Å². The Balaban J connectivity index is 0.000000231. The quantitative estimate of drug-likeness (QED) is 0.578. The molecule has 0 fully saturated rings. The number of carboxylic acids is 1. The first-order chi connectivity index (χ1) is 10.7. The molecular weight excluding hydrogens is 322 g/mol. The van der Waals surface area contributed by atoms with E-state index in [-0.39, 0.29) is 4.90 Å². The number of aryl methyl sites for hydroxylation is 1. The van der Waals surface area contributed by atoms with Crippen molar-refractivity contribution in [3.63, 3.8) is 0 Å². The summed E-state index contributed by atoms with van der Waals surface area (Å²) in [5, 5.41) is 18.2. The van der Waals surface area contributed by atoms with E-state index in [9.17, 15) is 13.2 Å². The Kier molecular flexibility index (Phi) is 6.70. The fraction of sp³-hybridized carbons (Fsp3) is 0.133. The summed E-state index contributed by atoms with van der Waals surface area (Å²) < 4.78 is 29.6. The number of para-hydroxylation sites is 1. The summed E-state index contributed by atoms with van der Waals surface area (Å²) >= 11 is 0. The van der Waals surface area contributed by atoms with E-state index < -0.39 is 22.6 Å². The van der Waals surface area contributed by atoms with Crippen LogP contribution in [0.5, 0.6) is 0 Å². The Morgan fingerprint density at radius 2 is 1.57 bits per heavy atom. The van der Waals surface area contributed by atoms with Crippen LogP contribution in [0.15, 0.2) is 59.5 Å². The highest BCUT2D eigenvalue weighted by molar-refractivity contribution is 7.85. The number of carbonyl (C=O) groups is 1. The average Bonchev–Trinajstić information content (AvgIpc) is 2.47. The molecule has 0 radical (unpaired) electrons. The van der Waals surface area contributed by atoms with Crippen molar-refractivity contribution in [1.29, 1.82) is 0 Å². The highest BCUT2D eigenvalue weighted by Crippen LogP contribution is 2.09. The van der Waals surface area contributed by atoms with Gasteiger partial charge in [0.1, 0.15) is 6.54 Å². The molecule has 124 valence electrons. The van der Waals surface area contributed by atoms with Crippen LogP contribution in [-0.2, 0) is 14.9 Å². The predicted molar refractivity (Wildman–Crippen MR) is 84.2 cm³/mol. The van der Waals surface area contributed by atoms with Gasteiger partial charge in [0.05, 0.1) is 10.6 Å². The topological polar surface area (TPSA) is 115 Å². The van der Waals surface area contributed by atoms with Crippen molar-refractivity contribution in [2.75, 3.05) is 11.6 Å². The van der Waals surface area contributed by atoms with Crippen LogP contribution in [0.1, 0.15) is 5.56 Å². The van der Waals surface area contributed by atoms with Gasteiger partial charge in [-0.25, -0.2) is 5.06 Å². The summed E-state index contributed by atoms with van der Waals surface area (Å²) in [5.41, 5.74) is 1.43. The summed E-state index contributed by atoms with van der Waals surface area (Å²) in [4.78, 5) is 10.1. The van der Waals surface area contributed by atoms with Crippen LogP contribution in [0.3, 0.4) is 0 Å². The van der Waals surface area contributed by atoms with Crippen LogP contribution in [-0.4, -0.2) is 35.8 Å². The highest BCUT2D eigenvalue weighted by Gasteiger charge is 2.07. The second-order valence-corrected chi connectivity index (χ2v) is 6.00. The standard InChI is InChI=1S/C8H9NO3.C7H8O3S/c10-8(11)6-9(12)7-4-2-1-3-5-7;1-6-2-4-7(5-3-6)11(8,9)10/h1-5,12H,6H2,(H,10,11);2-5H,1H3,(H,8,9,10). The zero-order chi connectivity index (χ0) is 17.5. The average molecular weight is 339 g/mol. The van der Waals surface area contributed by atoms with Gasteiger partial charge < -0.3 is 5.11 Å². The molecule has 2 aromatic rings. The summed E-state index contributed by atoms with van der Waals surface area (Å²) in [6.45, 7) is 1.43. The van der Waals surface area contributed by atoms with Crippen LogP contribution in [0.4, 0.5) is 5.69 Å². The molecule has 0 aliphatic rings. The molecule has 0 spiro atoms. The van der Waals surface area contributed by atoms with E-state index >= 15 is 0 Å². The molecule has 0 aliphatic carbocycles. The maximum Gasteiger partial charge on any atom is 0.325 e. The minimum atomic E-state index is -4.02. The third kappa shape index (κ3) is 6.92. The maximum atomic E-state index is 10.5. The maximum absolute atomic E-state index is 10.5. The monoisotopic (exact) mass is 339 g/mol. The van der Waals surface area contributed by atoms with Gasteiger partial charge in [-0.15, -0.1) is 0 Å². The predicted octanol–water partition coefficient (Wildman–Crippen LogP) is 2.21. The minimum Gasteiger partial charge on any atom is -0.480 e. The number of benzene rings is 2. The number of hydroxylamine groups is 1. The van der Waals surface area contributed by atoms with Crippen molar-refractivity contribution >= 4 is 21.8 Å². The number of aliphatic carboxylic acids is 1. The van der Waals surface area contributed by atoms with Crippen LogP contribution >= 0.6 is 0 Å². The SMILES string of the molecule is Cc1ccc(S(=O)(=O)O)cc1.O=C(O)CN(O)c1ccccc1. The zero-order valence-electron chi connectivity index (χ0n) is 12.3. The van der Waals surface area contributed by atoms with Crippen molar-refractivity contribution in [1.82, 2.24) is 0 Å². The Morgan fingerprint density at radius 3 is 2.00 bits per heavy atom. The Morgan fingerprint density at radius 1 is 1.04 bits per heavy atom. The van der Waals surface area contributed by atoms with Gasteiger partial charge in [-0.2, -0.15) is 8.42 Å². The van der Waals surface area contributed by atoms with Crippen LogP contribution in [0, 0.1) is 6.92 Å². The first kappa shape index (κ1) is 18.6. The fourth-order valence-electron chi connectivity index (χ4n) is 1.53. The summed E-state index contributed by atoms with van der Waals surface area (Å²) in [6, 6.07) is 14.5. The van der Waals surface area contributed by atoms with E-state index in [1.165, 1.54) is 12.1 Å². The van der Waals surface area contributed by atoms with Gasteiger partial charge >= 0.3 is 5.97 Å². The molecule has 0 aromatic heterocycles. The molecule has 2 aromatic carbocycles. The number of rotatable bonds is 4. The molecule has 8 heteroatoms. The lowest BCUT2D eigenvalue weighted by Gasteiger charge is -2.13. The fourth-order valence-corrected chi connectivity index (χ4v) is 2.01. The van der Waals surface area contributed by atoms with Crippen molar-refractivity contribution < 1.29 is 28.1 Å². The molecule has 2 rings (SSSR count). The molecule has 0 saturated heterocycles. The number of nitrogens with zero attached hydrogens (tertiary/aromatic N) is 1. The molecule has 0 atom stereocenters. The largest absolute Gasteiger partial charge is 0.480 e. The molecular formula is C15H17NO6S. The van der Waals surface area contributed by atoms with Gasteiger partial charge in [0, 0.05) is 0 Å². The third-order valence-corrected chi connectivity index (χ3v) is 3.53. The minimum absolute atomic E-state index is 0.0666. The van der Waals surface area contributed by atoms with Gasteiger partial charge in [0.25, 0.3) is 10.1 Å². The highest BCUT2D eigenvalue weighted by atomic mass is 32.2. The Hall–Kier alpha value is -2.42. The summed E-state index contributed by atoms with van der Waals surface area (Å²) in [7, 11) is -4.02. The van der Waals surface area contributed by atoms with E-state index in [0.29, 0.717) is 10.8 Å². The summed E-state index contributed by atoms with van der Waals surface area (Å²) in [6.07, 6.45) is 0. The first-order valence-corrected chi connectivity index (χ1v) is 7.91. The number of anilines is 1. The van der Waals surface area contributed by atoms with E-state index in [1.807, 2.05) is 6.92 Å². The molecule has 23 heavy (non-hydrogen) atoms. The van der Waals surface area contributed by atoms with Gasteiger partial charge in [0.15, 0.2) is 0 Å². The lowest BCUT2D eigenvalue weighted by molar-refractivity contribution is -0.136. The second kappa shape index (κ2) is 8.28. The van der Waals surface area contributed by atoms with E-state index in [2.05, 4.69) is 0 Å². The third-order valence-electron chi connectivity index (χ3n) is 2.66. The van der Waals surface area contributed by atoms with Gasteiger partial charge in [-0.1, -0.05) is 35.9 Å². The molecule has 0 saturated carbocycles. The van der Waals surface area contributed by atoms with Gasteiger partial charge in [-0.05, 0) is 31.2 Å². The van der Waals surface area contributed by atoms with E-state index in [0.717, 1.165) is 5.56 Å². The van der Waals surface area contributed by atoms with Gasteiger partial charge in [0.2, 0.25) is 0 Å². The molecule has 0 unspecified atom stereocenters. The molecule has 0 aliphatic heterocycles. The number of hydrogen-bond donors (Lipinski definition) is 3. The second-order valence-electron chi connectivity index (χ2n) is 4.58. The van der Waals surface area contributed by atoms with Crippen molar-refractivity contribution in [3.8, 4) is 0 Å². The van der Waals surface area contributed by atoms with Crippen molar-refractivity contribution in [2.45, 2.75) is 11.8 Å². The smallest absolute Gasteiger partial charge is 0.325 e. The van der Waals surface area contributed by atoms with Crippen molar-refractivity contribution in [2.24, 2.45) is 0 Å².